The molecule has 0 spiro atoms. The fourth-order valence-electron chi connectivity index (χ4n) is 3.22. The Hall–Kier alpha value is -2.18. The topological polar surface area (TPSA) is 104 Å². The molecule has 9 nitrogen and oxygen atoms in total. The molecule has 0 amide bonds. The molecule has 2 atom stereocenters. The molecule has 0 aromatic heterocycles. The van der Waals surface area contributed by atoms with Gasteiger partial charge in [-0.3, -0.25) is 4.18 Å². The van der Waals surface area contributed by atoms with Crippen molar-refractivity contribution in [2.45, 2.75) is 38.9 Å². The van der Waals surface area contributed by atoms with E-state index in [1.54, 1.807) is 14.2 Å². The van der Waals surface area contributed by atoms with E-state index in [0.29, 0.717) is 31.9 Å². The van der Waals surface area contributed by atoms with Crippen molar-refractivity contribution in [3.63, 3.8) is 0 Å². The molecule has 2 rings (SSSR count). The van der Waals surface area contributed by atoms with Crippen LogP contribution in [0.3, 0.4) is 0 Å². The van der Waals surface area contributed by atoms with Gasteiger partial charge in [-0.2, -0.15) is 8.42 Å². The smallest absolute Gasteiger partial charge is 0.322 e. The second kappa shape index (κ2) is 17.4. The highest BCUT2D eigenvalue weighted by atomic mass is 33.1. The lowest BCUT2D eigenvalue weighted by atomic mass is 10.2. The summed E-state index contributed by atoms with van der Waals surface area (Å²) in [5.74, 6) is 3.46. The number of benzene rings is 2. The summed E-state index contributed by atoms with van der Waals surface area (Å²) in [7, 11) is 0.380. The van der Waals surface area contributed by atoms with Gasteiger partial charge in [-0.25, -0.2) is 0 Å². The van der Waals surface area contributed by atoms with Crippen LogP contribution in [0, 0.1) is 0 Å². The Morgan fingerprint density at radius 2 is 1.16 bits per heavy atom. The zero-order valence-electron chi connectivity index (χ0n) is 22.1. The molecule has 0 unspecified atom stereocenters. The second-order valence-electron chi connectivity index (χ2n) is 8.11. The molecule has 0 radical (unpaired) electrons. The van der Waals surface area contributed by atoms with Gasteiger partial charge in [0.05, 0.1) is 20.8 Å². The van der Waals surface area contributed by atoms with E-state index < -0.39 is 9.15 Å². The molecule has 0 fully saturated rings. The summed E-state index contributed by atoms with van der Waals surface area (Å²) in [5.41, 5.74) is 0. The molecule has 0 aliphatic carbocycles. The van der Waals surface area contributed by atoms with E-state index in [-0.39, 0.29) is 18.8 Å². The van der Waals surface area contributed by atoms with Crippen LogP contribution in [0.5, 0.6) is 23.0 Å². The molecule has 0 aliphatic heterocycles. The van der Waals surface area contributed by atoms with Crippen molar-refractivity contribution >= 4 is 19.9 Å². The van der Waals surface area contributed by atoms with E-state index in [1.807, 2.05) is 62.4 Å². The standard InChI is InChI=1S/C26H40N2O7S2/c1-5-21(34-25-11-7-23(31-3)8-12-25)19-27-15-17-33-37(29,30)36-18-16-28-20-22(6-2)35-26-13-9-24(32-4)10-14-26/h7-14,21-22,27-28H,5-6,15-20H2,1-4H3/t21-,22-/m0/s1. The van der Waals surface area contributed by atoms with Gasteiger partial charge in [0, 0.05) is 31.9 Å². The molecule has 2 aromatic rings. The summed E-state index contributed by atoms with van der Waals surface area (Å²) < 4.78 is 51.6. The Bertz CT molecular complexity index is 900. The third-order valence-corrected chi connectivity index (χ3v) is 8.16. The Kier molecular flexibility index (Phi) is 14.6. The van der Waals surface area contributed by atoms with Crippen LogP contribution >= 0.6 is 10.8 Å². The van der Waals surface area contributed by atoms with E-state index in [1.165, 1.54) is 0 Å². The minimum atomic E-state index is -3.65. The predicted octanol–water partition coefficient (Wildman–Crippen LogP) is 3.89. The first kappa shape index (κ1) is 31.0. The summed E-state index contributed by atoms with van der Waals surface area (Å²) in [6, 6.07) is 14.9. The minimum Gasteiger partial charge on any atom is -0.497 e. The molecule has 11 heteroatoms. The second-order valence-corrected chi connectivity index (χ2v) is 11.7. The molecule has 208 valence electrons. The highest BCUT2D eigenvalue weighted by Gasteiger charge is 2.13. The van der Waals surface area contributed by atoms with Crippen molar-refractivity contribution in [2.75, 3.05) is 52.8 Å². The van der Waals surface area contributed by atoms with E-state index in [2.05, 4.69) is 10.6 Å². The predicted molar refractivity (Wildman–Crippen MR) is 148 cm³/mol. The van der Waals surface area contributed by atoms with Crippen LogP contribution in [0.1, 0.15) is 26.7 Å². The zero-order valence-corrected chi connectivity index (χ0v) is 23.7. The van der Waals surface area contributed by atoms with Crippen LogP contribution in [0.25, 0.3) is 0 Å². The minimum absolute atomic E-state index is 0.0158. The number of rotatable bonds is 20. The Labute approximate surface area is 225 Å². The van der Waals surface area contributed by atoms with Gasteiger partial charge in [-0.05, 0) is 72.2 Å². The molecule has 0 saturated carbocycles. The lowest BCUT2D eigenvalue weighted by Crippen LogP contribution is -2.33. The first-order valence-electron chi connectivity index (χ1n) is 12.5. The summed E-state index contributed by atoms with van der Waals surface area (Å²) in [6.07, 6.45) is 1.58. The van der Waals surface area contributed by atoms with Crippen molar-refractivity contribution < 1.29 is 31.5 Å². The fourth-order valence-corrected chi connectivity index (χ4v) is 5.28. The first-order chi connectivity index (χ1) is 17.9. The Balaban J connectivity index is 1.56. The van der Waals surface area contributed by atoms with E-state index >= 15 is 0 Å². The molecule has 2 aromatic carbocycles. The average Bonchev–Trinajstić information content (AvgIpc) is 2.92. The van der Waals surface area contributed by atoms with Crippen molar-refractivity contribution in [3.05, 3.63) is 48.5 Å². The summed E-state index contributed by atoms with van der Waals surface area (Å²) in [6.45, 7) is 6.27. The lowest BCUT2D eigenvalue weighted by molar-refractivity contribution is 0.190. The van der Waals surface area contributed by atoms with Crippen LogP contribution in [0.2, 0.25) is 0 Å². The van der Waals surface area contributed by atoms with Gasteiger partial charge in [0.15, 0.2) is 0 Å². The summed E-state index contributed by atoms with van der Waals surface area (Å²) in [5, 5.41) is 6.44. The van der Waals surface area contributed by atoms with E-state index in [9.17, 15) is 8.42 Å². The van der Waals surface area contributed by atoms with E-state index in [4.69, 9.17) is 23.1 Å². The molecular weight excluding hydrogens is 516 g/mol. The first-order valence-corrected chi connectivity index (χ1v) is 15.4. The van der Waals surface area contributed by atoms with Crippen LogP contribution < -0.4 is 29.6 Å². The molecule has 0 saturated heterocycles. The van der Waals surface area contributed by atoms with Gasteiger partial charge in [0.2, 0.25) is 0 Å². The quantitative estimate of drug-likeness (QED) is 0.184. The SMILES string of the molecule is CC[C@@H](CNCCOS(=O)(=O)SCCNC[C@H](CC)Oc1ccc(OC)cc1)Oc1ccc(OC)cc1. The molecular formula is C26H40N2O7S2. The van der Waals surface area contributed by atoms with Crippen molar-refractivity contribution in [3.8, 4) is 23.0 Å². The maximum atomic E-state index is 12.1. The maximum absolute atomic E-state index is 12.1. The third-order valence-electron chi connectivity index (χ3n) is 5.39. The summed E-state index contributed by atoms with van der Waals surface area (Å²) >= 11 is 0. The number of hydrogen-bond acceptors (Lipinski definition) is 10. The third kappa shape index (κ3) is 12.8. The highest BCUT2D eigenvalue weighted by molar-refractivity contribution is 8.70. The average molecular weight is 557 g/mol. The molecule has 2 N–H and O–H groups in total. The molecule has 0 heterocycles. The van der Waals surface area contributed by atoms with Gasteiger partial charge in [0.25, 0.3) is 0 Å². The fraction of sp³-hybridized carbons (Fsp3) is 0.538. The van der Waals surface area contributed by atoms with Crippen LogP contribution in [-0.2, 0) is 13.3 Å². The lowest BCUT2D eigenvalue weighted by Gasteiger charge is -2.18. The maximum Gasteiger partial charge on any atom is 0.322 e. The highest BCUT2D eigenvalue weighted by Crippen LogP contribution is 2.20. The van der Waals surface area contributed by atoms with Crippen LogP contribution in [-0.4, -0.2) is 73.4 Å². The number of methoxy groups -OCH3 is 2. The van der Waals surface area contributed by atoms with Crippen molar-refractivity contribution in [1.29, 1.82) is 0 Å². The van der Waals surface area contributed by atoms with Crippen molar-refractivity contribution in [2.24, 2.45) is 0 Å². The van der Waals surface area contributed by atoms with Gasteiger partial charge < -0.3 is 29.6 Å². The number of hydrogen-bond donors (Lipinski definition) is 2. The van der Waals surface area contributed by atoms with Gasteiger partial charge in [-0.15, -0.1) is 0 Å². The van der Waals surface area contributed by atoms with Gasteiger partial charge in [-0.1, -0.05) is 13.8 Å². The summed E-state index contributed by atoms with van der Waals surface area (Å²) in [4.78, 5) is 0. The van der Waals surface area contributed by atoms with Crippen LogP contribution in [0.4, 0.5) is 0 Å². The monoisotopic (exact) mass is 556 g/mol. The largest absolute Gasteiger partial charge is 0.497 e. The number of ether oxygens (including phenoxy) is 4. The molecule has 0 aliphatic rings. The van der Waals surface area contributed by atoms with Gasteiger partial charge in [0.1, 0.15) is 35.2 Å². The molecule has 0 bridgehead atoms. The van der Waals surface area contributed by atoms with Gasteiger partial charge >= 0.3 is 9.15 Å². The van der Waals surface area contributed by atoms with Crippen LogP contribution in [0.15, 0.2) is 48.5 Å². The van der Waals surface area contributed by atoms with E-state index in [0.717, 1.165) is 46.6 Å². The Morgan fingerprint density at radius 3 is 1.59 bits per heavy atom. The molecule has 37 heavy (non-hydrogen) atoms. The Morgan fingerprint density at radius 1 is 0.730 bits per heavy atom. The normalized spacial score (nSPS) is 13.1. The zero-order chi connectivity index (χ0) is 26.9. The number of nitrogens with one attached hydrogen (secondary N) is 2. The van der Waals surface area contributed by atoms with Crippen molar-refractivity contribution in [1.82, 2.24) is 10.6 Å².